The number of ether oxygens (including phenoxy) is 1. The summed E-state index contributed by atoms with van der Waals surface area (Å²) in [4.78, 5) is 24.3. The Morgan fingerprint density at radius 2 is 1.92 bits per heavy atom. The van der Waals surface area contributed by atoms with E-state index in [9.17, 15) is 4.79 Å². The summed E-state index contributed by atoms with van der Waals surface area (Å²) in [6.07, 6.45) is 6.45. The van der Waals surface area contributed by atoms with Crippen LogP contribution < -0.4 is 10.1 Å². The third-order valence-electron chi connectivity index (χ3n) is 3.24. The van der Waals surface area contributed by atoms with E-state index in [1.54, 1.807) is 61.2 Å². The average Bonchev–Trinajstić information content (AvgIpc) is 2.68. The number of carbonyl (C=O) groups is 1. The number of benzene rings is 1. The van der Waals surface area contributed by atoms with E-state index < -0.39 is 0 Å². The summed E-state index contributed by atoms with van der Waals surface area (Å²) in [7, 11) is 0. The van der Waals surface area contributed by atoms with Gasteiger partial charge in [0.05, 0.1) is 23.5 Å². The summed E-state index contributed by atoms with van der Waals surface area (Å²) in [5.41, 5.74) is 2.04. The van der Waals surface area contributed by atoms with Gasteiger partial charge in [0.25, 0.3) is 5.91 Å². The monoisotopic (exact) mass is 331 g/mol. The fourth-order valence-electron chi connectivity index (χ4n) is 2.02. The van der Waals surface area contributed by atoms with Crippen LogP contribution in [-0.2, 0) is 4.79 Å². The van der Waals surface area contributed by atoms with Gasteiger partial charge >= 0.3 is 0 Å². The number of rotatable bonds is 5. The number of nitrogens with zero attached hydrogens (tertiary/aromatic N) is 4. The van der Waals surface area contributed by atoms with E-state index in [4.69, 9.17) is 10.00 Å². The molecule has 122 valence electrons. The number of aromatic nitrogens is 3. The molecule has 0 aliphatic heterocycles. The number of carbonyl (C=O) groups excluding carboxylic acids is 1. The number of nitrogens with one attached hydrogen (secondary N) is 1. The Kier molecular flexibility index (Phi) is 4.93. The highest BCUT2D eigenvalue weighted by Gasteiger charge is 2.06. The molecule has 1 amide bonds. The van der Waals surface area contributed by atoms with Crippen molar-refractivity contribution in [1.29, 1.82) is 5.26 Å². The van der Waals surface area contributed by atoms with E-state index in [0.717, 1.165) is 5.56 Å². The van der Waals surface area contributed by atoms with Crippen molar-refractivity contribution in [1.82, 2.24) is 15.0 Å². The number of hydrogen-bond donors (Lipinski definition) is 1. The third kappa shape index (κ3) is 4.36. The zero-order valence-electron chi connectivity index (χ0n) is 13.1. The molecule has 3 rings (SSSR count). The molecule has 0 bridgehead atoms. The van der Waals surface area contributed by atoms with E-state index in [1.165, 1.54) is 0 Å². The maximum atomic E-state index is 11.9. The summed E-state index contributed by atoms with van der Waals surface area (Å²) >= 11 is 0. The largest absolute Gasteiger partial charge is 0.484 e. The van der Waals surface area contributed by atoms with Gasteiger partial charge in [-0.1, -0.05) is 0 Å². The molecule has 0 radical (unpaired) electrons. The van der Waals surface area contributed by atoms with Crippen LogP contribution in [0.4, 0.5) is 5.82 Å². The molecule has 2 aromatic heterocycles. The second-order valence-corrected chi connectivity index (χ2v) is 5.00. The number of nitriles is 1. The lowest BCUT2D eigenvalue weighted by Crippen LogP contribution is -2.20. The predicted molar refractivity (Wildman–Crippen MR) is 90.5 cm³/mol. The fraction of sp³-hybridized carbons (Fsp3) is 0.0556. The molecule has 0 unspecified atom stereocenters. The molecular weight excluding hydrogens is 318 g/mol. The maximum absolute atomic E-state index is 11.9. The molecule has 25 heavy (non-hydrogen) atoms. The topological polar surface area (TPSA) is 101 Å². The van der Waals surface area contributed by atoms with Crippen LogP contribution in [-0.4, -0.2) is 27.5 Å². The van der Waals surface area contributed by atoms with Crippen LogP contribution in [0, 0.1) is 11.3 Å². The van der Waals surface area contributed by atoms with Crippen LogP contribution >= 0.6 is 0 Å². The third-order valence-corrected chi connectivity index (χ3v) is 3.24. The van der Waals surface area contributed by atoms with Gasteiger partial charge in [-0.25, -0.2) is 4.98 Å². The summed E-state index contributed by atoms with van der Waals surface area (Å²) < 4.78 is 5.37. The normalized spacial score (nSPS) is 9.88. The molecule has 0 atom stereocenters. The summed E-state index contributed by atoms with van der Waals surface area (Å²) in [5, 5.41) is 11.4. The first-order valence-electron chi connectivity index (χ1n) is 7.40. The molecule has 0 saturated heterocycles. The first-order chi connectivity index (χ1) is 12.2. The lowest BCUT2D eigenvalue weighted by atomic mass is 10.2. The first-order valence-corrected chi connectivity index (χ1v) is 7.40. The number of hydrogen-bond acceptors (Lipinski definition) is 6. The van der Waals surface area contributed by atoms with Gasteiger partial charge in [0.2, 0.25) is 0 Å². The molecule has 0 aliphatic rings. The van der Waals surface area contributed by atoms with Crippen LogP contribution in [0.25, 0.3) is 11.3 Å². The SMILES string of the molecule is N#Cc1ccc(OCC(=O)Nc2ccc(-c3cnccn3)cn2)cc1. The molecular formula is C18H13N5O2. The van der Waals surface area contributed by atoms with E-state index >= 15 is 0 Å². The van der Waals surface area contributed by atoms with Gasteiger partial charge in [-0.2, -0.15) is 5.26 Å². The molecule has 2 heterocycles. The minimum Gasteiger partial charge on any atom is -0.484 e. The molecule has 1 N–H and O–H groups in total. The van der Waals surface area contributed by atoms with E-state index in [1.807, 2.05) is 6.07 Å². The van der Waals surface area contributed by atoms with Crippen molar-refractivity contribution in [3.05, 3.63) is 66.7 Å². The molecule has 0 aliphatic carbocycles. The van der Waals surface area contributed by atoms with E-state index in [0.29, 0.717) is 22.8 Å². The highest BCUT2D eigenvalue weighted by molar-refractivity contribution is 5.91. The quantitative estimate of drug-likeness (QED) is 0.770. The Morgan fingerprint density at radius 1 is 1.08 bits per heavy atom. The van der Waals surface area contributed by atoms with E-state index in [-0.39, 0.29) is 12.5 Å². The zero-order chi connectivity index (χ0) is 17.5. The highest BCUT2D eigenvalue weighted by atomic mass is 16.5. The van der Waals surface area contributed by atoms with Crippen molar-refractivity contribution in [3.8, 4) is 23.1 Å². The van der Waals surface area contributed by atoms with Crippen LogP contribution in [0.3, 0.4) is 0 Å². The maximum Gasteiger partial charge on any atom is 0.263 e. The van der Waals surface area contributed by atoms with Crippen LogP contribution in [0.2, 0.25) is 0 Å². The van der Waals surface area contributed by atoms with Crippen molar-refractivity contribution in [2.75, 3.05) is 11.9 Å². The van der Waals surface area contributed by atoms with Crippen molar-refractivity contribution in [2.24, 2.45) is 0 Å². The fourth-order valence-corrected chi connectivity index (χ4v) is 2.02. The van der Waals surface area contributed by atoms with Crippen LogP contribution in [0.5, 0.6) is 5.75 Å². The Balaban J connectivity index is 1.55. The van der Waals surface area contributed by atoms with Gasteiger partial charge in [0, 0.05) is 24.2 Å². The number of pyridine rings is 1. The Morgan fingerprint density at radius 3 is 2.56 bits per heavy atom. The Hall–Kier alpha value is -3.79. The van der Waals surface area contributed by atoms with Crippen molar-refractivity contribution >= 4 is 11.7 Å². The molecule has 7 nitrogen and oxygen atoms in total. The van der Waals surface area contributed by atoms with Gasteiger partial charge in [-0.3, -0.25) is 14.8 Å². The molecule has 0 saturated carbocycles. The van der Waals surface area contributed by atoms with Crippen LogP contribution in [0.15, 0.2) is 61.2 Å². The summed E-state index contributed by atoms with van der Waals surface area (Å²) in [6.45, 7) is -0.153. The molecule has 1 aromatic carbocycles. The van der Waals surface area contributed by atoms with Gasteiger partial charge in [-0.05, 0) is 36.4 Å². The van der Waals surface area contributed by atoms with E-state index in [2.05, 4.69) is 20.3 Å². The smallest absolute Gasteiger partial charge is 0.263 e. The Labute approximate surface area is 144 Å². The molecule has 0 fully saturated rings. The van der Waals surface area contributed by atoms with Crippen molar-refractivity contribution in [3.63, 3.8) is 0 Å². The molecule has 7 heteroatoms. The summed E-state index contributed by atoms with van der Waals surface area (Å²) in [5.74, 6) is 0.602. The minimum atomic E-state index is -0.330. The standard InChI is InChI=1S/C18H13N5O2/c19-9-13-1-4-15(5-2-13)25-12-18(24)23-17-6-3-14(10-22-17)16-11-20-7-8-21-16/h1-8,10-11H,12H2,(H,22,23,24). The summed E-state index contributed by atoms with van der Waals surface area (Å²) in [6, 6.07) is 12.0. The average molecular weight is 331 g/mol. The first kappa shape index (κ1) is 16.1. The van der Waals surface area contributed by atoms with Gasteiger partial charge in [-0.15, -0.1) is 0 Å². The number of amides is 1. The Bertz CT molecular complexity index is 888. The predicted octanol–water partition coefficient (Wildman–Crippen LogP) is 2.43. The number of anilines is 1. The van der Waals surface area contributed by atoms with Gasteiger partial charge in [0.1, 0.15) is 11.6 Å². The minimum absolute atomic E-state index is 0.153. The van der Waals surface area contributed by atoms with Crippen molar-refractivity contribution in [2.45, 2.75) is 0 Å². The molecule has 3 aromatic rings. The lowest BCUT2D eigenvalue weighted by molar-refractivity contribution is -0.118. The van der Waals surface area contributed by atoms with Crippen molar-refractivity contribution < 1.29 is 9.53 Å². The second-order valence-electron chi connectivity index (χ2n) is 5.00. The zero-order valence-corrected chi connectivity index (χ0v) is 13.1. The highest BCUT2D eigenvalue weighted by Crippen LogP contribution is 2.16. The van der Waals surface area contributed by atoms with Gasteiger partial charge < -0.3 is 10.1 Å². The van der Waals surface area contributed by atoms with Crippen LogP contribution in [0.1, 0.15) is 5.56 Å². The second kappa shape index (κ2) is 7.66. The molecule has 0 spiro atoms. The lowest BCUT2D eigenvalue weighted by Gasteiger charge is -2.07. The van der Waals surface area contributed by atoms with Gasteiger partial charge in [0.15, 0.2) is 6.61 Å².